The number of hydrogen-bond acceptors (Lipinski definition) is 2. The van der Waals surface area contributed by atoms with E-state index in [1.165, 1.54) is 6.07 Å². The normalized spacial score (nSPS) is 10.8. The van der Waals surface area contributed by atoms with Crippen molar-refractivity contribution in [3.05, 3.63) is 65.6 Å². The number of fused-ring (bicyclic) bond motifs is 1. The van der Waals surface area contributed by atoms with Crippen LogP contribution >= 0.6 is 0 Å². The number of aromatic nitrogens is 2. The Balaban J connectivity index is 1.95. The first kappa shape index (κ1) is 13.2. The lowest BCUT2D eigenvalue weighted by atomic mass is 10.2. The van der Waals surface area contributed by atoms with Gasteiger partial charge in [-0.1, -0.05) is 0 Å². The van der Waals surface area contributed by atoms with Crippen LogP contribution in [-0.4, -0.2) is 15.3 Å². The number of aryl methyl sites for hydroxylation is 1. The third kappa shape index (κ3) is 2.47. The highest BCUT2D eigenvalue weighted by atomic mass is 19.2. The van der Waals surface area contributed by atoms with Crippen LogP contribution in [0.3, 0.4) is 0 Å². The molecule has 0 aliphatic heterocycles. The van der Waals surface area contributed by atoms with E-state index in [1.54, 1.807) is 28.9 Å². The number of rotatable bonds is 2. The first-order valence-electron chi connectivity index (χ1n) is 6.25. The molecule has 2 heterocycles. The monoisotopic (exact) mass is 287 g/mol. The van der Waals surface area contributed by atoms with E-state index >= 15 is 0 Å². The number of amides is 1. The number of nitrogens with zero attached hydrogens (tertiary/aromatic N) is 2. The molecule has 0 unspecified atom stereocenters. The number of carbonyl (C=O) groups is 1. The molecule has 4 nitrogen and oxygen atoms in total. The SMILES string of the molecule is Cc1cn2cccc(C(=O)Nc3ccc(F)c(F)c3)c2n1. The van der Waals surface area contributed by atoms with Crippen LogP contribution in [0.1, 0.15) is 16.1 Å². The van der Waals surface area contributed by atoms with Crippen LogP contribution in [0.2, 0.25) is 0 Å². The van der Waals surface area contributed by atoms with Crippen molar-refractivity contribution in [3.8, 4) is 0 Å². The Morgan fingerprint density at radius 1 is 1.24 bits per heavy atom. The second kappa shape index (κ2) is 4.97. The number of carbonyl (C=O) groups excluding carboxylic acids is 1. The molecule has 0 saturated carbocycles. The topological polar surface area (TPSA) is 46.4 Å². The standard InChI is InChI=1S/C15H11F2N3O/c1-9-8-20-6-2-3-11(14(20)18-9)15(21)19-10-4-5-12(16)13(17)7-10/h2-8H,1H3,(H,19,21). The van der Waals surface area contributed by atoms with Crippen molar-refractivity contribution in [2.24, 2.45) is 0 Å². The summed E-state index contributed by atoms with van der Waals surface area (Å²) in [6, 6.07) is 6.54. The molecule has 0 bridgehead atoms. The number of hydrogen-bond donors (Lipinski definition) is 1. The Kier molecular flexibility index (Phi) is 3.13. The van der Waals surface area contributed by atoms with Crippen LogP contribution < -0.4 is 5.32 Å². The quantitative estimate of drug-likeness (QED) is 0.787. The molecule has 0 aliphatic rings. The summed E-state index contributed by atoms with van der Waals surface area (Å²) < 4.78 is 27.7. The van der Waals surface area contributed by atoms with Crippen molar-refractivity contribution < 1.29 is 13.6 Å². The maximum atomic E-state index is 13.1. The molecule has 1 amide bonds. The zero-order valence-electron chi connectivity index (χ0n) is 11.1. The third-order valence-corrected chi connectivity index (χ3v) is 3.03. The molecule has 106 valence electrons. The molecule has 0 radical (unpaired) electrons. The average Bonchev–Trinajstić information content (AvgIpc) is 2.82. The van der Waals surface area contributed by atoms with E-state index in [0.29, 0.717) is 11.2 Å². The molecule has 6 heteroatoms. The number of imidazole rings is 1. The Hall–Kier alpha value is -2.76. The molecule has 3 aromatic rings. The summed E-state index contributed by atoms with van der Waals surface area (Å²) in [5.41, 5.74) is 1.83. The lowest BCUT2D eigenvalue weighted by Crippen LogP contribution is -2.13. The first-order chi connectivity index (χ1) is 10.0. The van der Waals surface area contributed by atoms with Crippen LogP contribution in [0, 0.1) is 18.6 Å². The maximum Gasteiger partial charge on any atom is 0.259 e. The van der Waals surface area contributed by atoms with Gasteiger partial charge in [0.1, 0.15) is 5.65 Å². The molecule has 0 aliphatic carbocycles. The van der Waals surface area contributed by atoms with Gasteiger partial charge in [0.05, 0.1) is 11.3 Å². The first-order valence-corrected chi connectivity index (χ1v) is 6.25. The summed E-state index contributed by atoms with van der Waals surface area (Å²) in [4.78, 5) is 16.5. The minimum Gasteiger partial charge on any atom is -0.322 e. The fourth-order valence-electron chi connectivity index (χ4n) is 2.09. The summed E-state index contributed by atoms with van der Waals surface area (Å²) in [5.74, 6) is -2.40. The van der Waals surface area contributed by atoms with Gasteiger partial charge in [0.25, 0.3) is 5.91 Å². The molecular formula is C15H11F2N3O. The highest BCUT2D eigenvalue weighted by Crippen LogP contribution is 2.16. The van der Waals surface area contributed by atoms with Crippen molar-refractivity contribution >= 4 is 17.2 Å². The largest absolute Gasteiger partial charge is 0.322 e. The molecule has 1 aromatic carbocycles. The Morgan fingerprint density at radius 2 is 2.05 bits per heavy atom. The van der Waals surface area contributed by atoms with Gasteiger partial charge in [-0.05, 0) is 31.2 Å². The van der Waals surface area contributed by atoms with Gasteiger partial charge in [-0.3, -0.25) is 4.79 Å². The zero-order chi connectivity index (χ0) is 15.0. The minimum atomic E-state index is -1.01. The molecule has 0 fully saturated rings. The molecule has 21 heavy (non-hydrogen) atoms. The fraction of sp³-hybridized carbons (Fsp3) is 0.0667. The van der Waals surface area contributed by atoms with Crippen molar-refractivity contribution in [2.45, 2.75) is 6.92 Å². The third-order valence-electron chi connectivity index (χ3n) is 3.03. The number of halogens is 2. The molecule has 0 atom stereocenters. The molecule has 2 aromatic heterocycles. The number of pyridine rings is 1. The number of nitrogens with one attached hydrogen (secondary N) is 1. The lowest BCUT2D eigenvalue weighted by molar-refractivity contribution is 0.102. The van der Waals surface area contributed by atoms with Gasteiger partial charge in [0.15, 0.2) is 11.6 Å². The van der Waals surface area contributed by atoms with Crippen molar-refractivity contribution in [1.82, 2.24) is 9.38 Å². The zero-order valence-corrected chi connectivity index (χ0v) is 11.1. The molecule has 1 N–H and O–H groups in total. The predicted molar refractivity (Wildman–Crippen MR) is 74.2 cm³/mol. The van der Waals surface area contributed by atoms with Gasteiger partial charge in [-0.25, -0.2) is 13.8 Å². The number of anilines is 1. The van der Waals surface area contributed by atoms with E-state index in [1.807, 2.05) is 6.92 Å². The van der Waals surface area contributed by atoms with Gasteiger partial charge in [0.2, 0.25) is 0 Å². The highest BCUT2D eigenvalue weighted by Gasteiger charge is 2.13. The smallest absolute Gasteiger partial charge is 0.259 e. The van der Waals surface area contributed by atoms with E-state index in [9.17, 15) is 13.6 Å². The van der Waals surface area contributed by atoms with Crippen LogP contribution in [0.15, 0.2) is 42.7 Å². The molecule has 0 saturated heterocycles. The van der Waals surface area contributed by atoms with Crippen LogP contribution in [0.25, 0.3) is 5.65 Å². The van der Waals surface area contributed by atoms with Crippen molar-refractivity contribution in [2.75, 3.05) is 5.32 Å². The Bertz CT molecular complexity index is 842. The van der Waals surface area contributed by atoms with Gasteiger partial charge >= 0.3 is 0 Å². The lowest BCUT2D eigenvalue weighted by Gasteiger charge is -2.06. The highest BCUT2D eigenvalue weighted by molar-refractivity contribution is 6.08. The van der Waals surface area contributed by atoms with Gasteiger partial charge in [-0.2, -0.15) is 0 Å². The second-order valence-corrected chi connectivity index (χ2v) is 4.62. The molecular weight excluding hydrogens is 276 g/mol. The summed E-state index contributed by atoms with van der Waals surface area (Å²) >= 11 is 0. The summed E-state index contributed by atoms with van der Waals surface area (Å²) in [7, 11) is 0. The van der Waals surface area contributed by atoms with Crippen LogP contribution in [-0.2, 0) is 0 Å². The Labute approximate surface area is 119 Å². The van der Waals surface area contributed by atoms with Gasteiger partial charge in [0, 0.05) is 24.1 Å². The van der Waals surface area contributed by atoms with E-state index in [-0.39, 0.29) is 5.69 Å². The van der Waals surface area contributed by atoms with Crippen LogP contribution in [0.4, 0.5) is 14.5 Å². The number of benzene rings is 1. The second-order valence-electron chi connectivity index (χ2n) is 4.62. The molecule has 3 rings (SSSR count). The maximum absolute atomic E-state index is 13.1. The van der Waals surface area contributed by atoms with E-state index in [4.69, 9.17) is 0 Å². The average molecular weight is 287 g/mol. The van der Waals surface area contributed by atoms with Gasteiger partial charge < -0.3 is 9.72 Å². The van der Waals surface area contributed by atoms with E-state index < -0.39 is 17.5 Å². The Morgan fingerprint density at radius 3 is 2.81 bits per heavy atom. The van der Waals surface area contributed by atoms with Gasteiger partial charge in [-0.15, -0.1) is 0 Å². The van der Waals surface area contributed by atoms with Crippen LogP contribution in [0.5, 0.6) is 0 Å². The van der Waals surface area contributed by atoms with E-state index in [0.717, 1.165) is 17.8 Å². The molecule has 0 spiro atoms. The minimum absolute atomic E-state index is 0.184. The van der Waals surface area contributed by atoms with E-state index in [2.05, 4.69) is 10.3 Å². The summed E-state index contributed by atoms with van der Waals surface area (Å²) in [6.45, 7) is 1.82. The summed E-state index contributed by atoms with van der Waals surface area (Å²) in [6.07, 6.45) is 3.58. The fourth-order valence-corrected chi connectivity index (χ4v) is 2.09. The summed E-state index contributed by atoms with van der Waals surface area (Å²) in [5, 5.41) is 2.53. The predicted octanol–water partition coefficient (Wildman–Crippen LogP) is 3.17. The van der Waals surface area contributed by atoms with Crippen molar-refractivity contribution in [1.29, 1.82) is 0 Å². The van der Waals surface area contributed by atoms with Crippen molar-refractivity contribution in [3.63, 3.8) is 0 Å².